The third-order valence-electron chi connectivity index (χ3n) is 5.20. The molecule has 172 valence electrons. The van der Waals surface area contributed by atoms with Crippen LogP contribution in [0.1, 0.15) is 20.7 Å². The highest BCUT2D eigenvalue weighted by Crippen LogP contribution is 2.29. The topological polar surface area (TPSA) is 135 Å². The number of ether oxygens (including phenoxy) is 3. The smallest absolute Gasteiger partial charge is 0.338 e. The van der Waals surface area contributed by atoms with Gasteiger partial charge in [0.15, 0.2) is 12.3 Å². The molecule has 0 aliphatic carbocycles. The van der Waals surface area contributed by atoms with Crippen LogP contribution in [0.2, 0.25) is 0 Å². The number of nitrogens with one attached hydrogen (secondary N) is 1. The molecule has 33 heavy (non-hydrogen) atoms. The van der Waals surface area contributed by atoms with Crippen LogP contribution in [0.25, 0.3) is 0 Å². The Labute approximate surface area is 189 Å². The first kappa shape index (κ1) is 22.5. The molecule has 2 aliphatic rings. The summed E-state index contributed by atoms with van der Waals surface area (Å²) >= 11 is 0. The number of hydrogen-bond acceptors (Lipinski definition) is 9. The largest absolute Gasteiger partial charge is 0.459 e. The summed E-state index contributed by atoms with van der Waals surface area (Å²) in [5.74, 6) is -1.84. The SMILES string of the molecule is O=C1C=CN([C@H]2O[C@@H](COC(=O)c3ccccc3)C(OC(=O)c3ccccc3)C2O)C(O)N1. The number of carbonyl (C=O) groups is 3. The number of aliphatic hydroxyl groups excluding tert-OH is 2. The monoisotopic (exact) mass is 454 g/mol. The normalized spacial score (nSPS) is 26.5. The van der Waals surface area contributed by atoms with E-state index in [1.54, 1.807) is 60.7 Å². The summed E-state index contributed by atoms with van der Waals surface area (Å²) in [6.07, 6.45) is -3.94. The Hall–Kier alpha value is -3.73. The maximum atomic E-state index is 12.6. The van der Waals surface area contributed by atoms with Crippen LogP contribution in [0.4, 0.5) is 0 Å². The predicted molar refractivity (Wildman–Crippen MR) is 112 cm³/mol. The van der Waals surface area contributed by atoms with Crippen LogP contribution >= 0.6 is 0 Å². The molecule has 10 nitrogen and oxygen atoms in total. The van der Waals surface area contributed by atoms with Gasteiger partial charge in [-0.2, -0.15) is 0 Å². The number of esters is 2. The van der Waals surface area contributed by atoms with Crippen molar-refractivity contribution in [1.29, 1.82) is 0 Å². The fourth-order valence-corrected chi connectivity index (χ4v) is 3.54. The predicted octanol–water partition coefficient (Wildman–Crippen LogP) is 0.376. The first-order valence-electron chi connectivity index (χ1n) is 10.2. The van der Waals surface area contributed by atoms with Gasteiger partial charge in [0.05, 0.1) is 11.1 Å². The van der Waals surface area contributed by atoms with Gasteiger partial charge in [-0.25, -0.2) is 9.59 Å². The zero-order chi connectivity index (χ0) is 23.4. The second-order valence-electron chi connectivity index (χ2n) is 7.40. The molecule has 10 heteroatoms. The average Bonchev–Trinajstić information content (AvgIpc) is 3.13. The van der Waals surface area contributed by atoms with Gasteiger partial charge in [0.25, 0.3) is 0 Å². The molecule has 0 spiro atoms. The van der Waals surface area contributed by atoms with Gasteiger partial charge in [0, 0.05) is 12.3 Å². The number of amides is 1. The Kier molecular flexibility index (Phi) is 6.68. The molecule has 1 fully saturated rings. The van der Waals surface area contributed by atoms with E-state index in [9.17, 15) is 24.6 Å². The molecule has 3 unspecified atom stereocenters. The number of carbonyl (C=O) groups excluding carboxylic acids is 3. The summed E-state index contributed by atoms with van der Waals surface area (Å²) in [7, 11) is 0. The Balaban J connectivity index is 1.51. The molecule has 2 heterocycles. The lowest BCUT2D eigenvalue weighted by molar-refractivity contribution is -0.153. The fraction of sp³-hybridized carbons (Fsp3) is 0.261. The summed E-state index contributed by atoms with van der Waals surface area (Å²) in [6.45, 7) is -0.325. The molecule has 4 rings (SSSR count). The van der Waals surface area contributed by atoms with E-state index < -0.39 is 48.7 Å². The number of nitrogens with zero attached hydrogens (tertiary/aromatic N) is 1. The van der Waals surface area contributed by atoms with Crippen molar-refractivity contribution >= 4 is 17.8 Å². The van der Waals surface area contributed by atoms with Gasteiger partial charge in [0.2, 0.25) is 12.3 Å². The Morgan fingerprint density at radius 2 is 1.58 bits per heavy atom. The molecular formula is C23H22N2O8. The fourth-order valence-electron chi connectivity index (χ4n) is 3.54. The molecule has 1 saturated heterocycles. The van der Waals surface area contributed by atoms with Crippen LogP contribution in [-0.4, -0.2) is 70.5 Å². The minimum Gasteiger partial charge on any atom is -0.459 e. The van der Waals surface area contributed by atoms with Gasteiger partial charge >= 0.3 is 11.9 Å². The molecule has 3 N–H and O–H groups in total. The molecular weight excluding hydrogens is 432 g/mol. The van der Waals surface area contributed by atoms with Gasteiger partial charge in [-0.1, -0.05) is 36.4 Å². The molecule has 0 radical (unpaired) electrons. The minimum atomic E-state index is -1.47. The molecule has 1 amide bonds. The zero-order valence-corrected chi connectivity index (χ0v) is 17.3. The Bertz CT molecular complexity index is 1030. The molecule has 5 atom stereocenters. The quantitative estimate of drug-likeness (QED) is 0.529. The maximum absolute atomic E-state index is 12.6. The lowest BCUT2D eigenvalue weighted by atomic mass is 10.1. The van der Waals surface area contributed by atoms with Crippen molar-refractivity contribution in [1.82, 2.24) is 10.2 Å². The van der Waals surface area contributed by atoms with Crippen LogP contribution < -0.4 is 5.32 Å². The van der Waals surface area contributed by atoms with Gasteiger partial charge in [0.1, 0.15) is 18.8 Å². The van der Waals surface area contributed by atoms with Gasteiger partial charge in [-0.05, 0) is 24.3 Å². The lowest BCUT2D eigenvalue weighted by Gasteiger charge is -2.35. The van der Waals surface area contributed by atoms with Crippen molar-refractivity contribution in [3.63, 3.8) is 0 Å². The lowest BCUT2D eigenvalue weighted by Crippen LogP contribution is -2.55. The Morgan fingerprint density at radius 1 is 0.970 bits per heavy atom. The second kappa shape index (κ2) is 9.82. The first-order chi connectivity index (χ1) is 15.9. The molecule has 0 aromatic heterocycles. The third-order valence-corrected chi connectivity index (χ3v) is 5.20. The minimum absolute atomic E-state index is 0.262. The summed E-state index contributed by atoms with van der Waals surface area (Å²) < 4.78 is 16.6. The highest BCUT2D eigenvalue weighted by Gasteiger charge is 2.50. The van der Waals surface area contributed by atoms with Gasteiger partial charge < -0.3 is 34.6 Å². The van der Waals surface area contributed by atoms with E-state index in [-0.39, 0.29) is 12.2 Å². The van der Waals surface area contributed by atoms with Crippen LogP contribution in [0.15, 0.2) is 72.9 Å². The highest BCUT2D eigenvalue weighted by molar-refractivity contribution is 5.90. The van der Waals surface area contributed by atoms with Crippen LogP contribution in [-0.2, 0) is 19.0 Å². The van der Waals surface area contributed by atoms with Crippen LogP contribution in [0.5, 0.6) is 0 Å². The van der Waals surface area contributed by atoms with Crippen molar-refractivity contribution in [2.24, 2.45) is 0 Å². The number of hydrogen-bond donors (Lipinski definition) is 3. The van der Waals surface area contributed by atoms with Crippen molar-refractivity contribution in [3.8, 4) is 0 Å². The molecule has 2 aliphatic heterocycles. The van der Waals surface area contributed by atoms with E-state index in [2.05, 4.69) is 5.32 Å². The van der Waals surface area contributed by atoms with Crippen molar-refractivity contribution in [2.45, 2.75) is 30.9 Å². The van der Waals surface area contributed by atoms with Crippen molar-refractivity contribution in [2.75, 3.05) is 6.61 Å². The third kappa shape index (κ3) is 5.03. The number of benzene rings is 2. The van der Waals surface area contributed by atoms with E-state index in [1.165, 1.54) is 6.20 Å². The van der Waals surface area contributed by atoms with E-state index in [0.717, 1.165) is 11.0 Å². The summed E-state index contributed by atoms with van der Waals surface area (Å²) in [6, 6.07) is 16.5. The van der Waals surface area contributed by atoms with Gasteiger partial charge in [-0.15, -0.1) is 0 Å². The summed E-state index contributed by atoms with van der Waals surface area (Å²) in [5.41, 5.74) is 0.584. The zero-order valence-electron chi connectivity index (χ0n) is 17.3. The summed E-state index contributed by atoms with van der Waals surface area (Å²) in [4.78, 5) is 37.6. The van der Waals surface area contributed by atoms with E-state index in [1.807, 2.05) is 0 Å². The van der Waals surface area contributed by atoms with E-state index >= 15 is 0 Å². The molecule has 0 saturated carbocycles. The Morgan fingerprint density at radius 3 is 2.18 bits per heavy atom. The van der Waals surface area contributed by atoms with Crippen LogP contribution in [0.3, 0.4) is 0 Å². The number of aliphatic hydroxyl groups is 2. The average molecular weight is 454 g/mol. The van der Waals surface area contributed by atoms with Crippen molar-refractivity contribution in [3.05, 3.63) is 84.1 Å². The maximum Gasteiger partial charge on any atom is 0.338 e. The molecule has 2 aromatic rings. The van der Waals surface area contributed by atoms with E-state index in [0.29, 0.717) is 5.56 Å². The second-order valence-corrected chi connectivity index (χ2v) is 7.40. The molecule has 0 bridgehead atoms. The van der Waals surface area contributed by atoms with Crippen molar-refractivity contribution < 1.29 is 38.8 Å². The number of rotatable bonds is 6. The first-order valence-corrected chi connectivity index (χ1v) is 10.2. The highest BCUT2D eigenvalue weighted by atomic mass is 16.6. The van der Waals surface area contributed by atoms with Gasteiger partial charge in [-0.3, -0.25) is 4.79 Å². The van der Waals surface area contributed by atoms with E-state index in [4.69, 9.17) is 14.2 Å². The molecule has 2 aromatic carbocycles. The summed E-state index contributed by atoms with van der Waals surface area (Å²) in [5, 5.41) is 23.3. The standard InChI is InChI=1S/C23H22N2O8/c26-17-11-12-25(23(30)24-17)20-18(27)19(33-22(29)15-9-5-2-6-10-15)16(32-20)13-31-21(28)14-7-3-1-4-8-14/h1-12,16,18-20,23,27,30H,13H2,(H,24,26)/t16-,18?,19?,20-,23?/m0/s1. The van der Waals surface area contributed by atoms with Crippen LogP contribution in [0, 0.1) is 0 Å².